The first-order valence-electron chi connectivity index (χ1n) is 11.4. The van der Waals surface area contributed by atoms with Gasteiger partial charge in [0, 0.05) is 40.7 Å². The lowest BCUT2D eigenvalue weighted by atomic mass is 9.77. The Bertz CT molecular complexity index is 1410. The Balaban J connectivity index is 1.47. The smallest absolute Gasteiger partial charge is 0.423 e. The normalized spacial score (nSPS) is 12.8. The molecule has 0 unspecified atom stereocenters. The van der Waals surface area contributed by atoms with Gasteiger partial charge in [-0.25, -0.2) is 0 Å². The summed E-state index contributed by atoms with van der Waals surface area (Å²) in [5.41, 5.74) is 10.4. The molecule has 0 atom stereocenters. The number of imide groups is 1. The lowest BCUT2D eigenvalue weighted by molar-refractivity contribution is 0.0598. The van der Waals surface area contributed by atoms with Crippen molar-refractivity contribution in [1.29, 1.82) is 0 Å². The van der Waals surface area contributed by atoms with E-state index >= 15 is 0 Å². The van der Waals surface area contributed by atoms with Gasteiger partial charge < -0.3 is 21.1 Å². The molecule has 4 aromatic rings. The number of carbonyl (C=O) groups excluding carboxylic acids is 2. The highest BCUT2D eigenvalue weighted by Crippen LogP contribution is 2.35. The molecule has 1 aliphatic rings. The summed E-state index contributed by atoms with van der Waals surface area (Å²) in [4.78, 5) is 28.0. The first-order chi connectivity index (χ1) is 17.0. The lowest BCUT2D eigenvalue weighted by Crippen LogP contribution is -2.39. The van der Waals surface area contributed by atoms with E-state index in [1.54, 1.807) is 30.3 Å². The van der Waals surface area contributed by atoms with Crippen molar-refractivity contribution in [2.45, 2.75) is 19.6 Å². The van der Waals surface area contributed by atoms with Crippen LogP contribution in [0.15, 0.2) is 78.9 Å². The molecule has 0 spiro atoms. The topological polar surface area (TPSA) is 116 Å². The number of nitrogens with zero attached hydrogens (tertiary/aromatic N) is 1. The number of hydrogen-bond acceptors (Lipinski definition) is 6. The average molecular weight is 465 g/mol. The van der Waals surface area contributed by atoms with Crippen molar-refractivity contribution in [2.75, 3.05) is 5.32 Å². The third kappa shape index (κ3) is 4.19. The van der Waals surface area contributed by atoms with Crippen LogP contribution in [0.5, 0.6) is 0 Å². The van der Waals surface area contributed by atoms with Crippen LogP contribution in [0.2, 0.25) is 0 Å². The van der Waals surface area contributed by atoms with Gasteiger partial charge in [0.2, 0.25) is 0 Å². The highest BCUT2D eigenvalue weighted by atomic mass is 16.4. The van der Waals surface area contributed by atoms with Gasteiger partial charge in [0.05, 0.1) is 6.54 Å². The molecule has 8 heteroatoms. The van der Waals surface area contributed by atoms with E-state index in [9.17, 15) is 19.6 Å². The second-order valence-electron chi connectivity index (χ2n) is 8.53. The molecule has 0 radical (unpaired) electrons. The Kier molecular flexibility index (Phi) is 6.09. The molecular formula is C27H24BN3O4. The summed E-state index contributed by atoms with van der Waals surface area (Å²) in [6, 6.07) is 23.6. The highest BCUT2D eigenvalue weighted by molar-refractivity contribution is 6.59. The standard InChI is InChI=1S/C27H24BN3O4/c29-14-17-8-10-18(11-9-17)16-31-26(32)21-6-3-5-20-24(13-12-22(25(20)21)27(31)33)30-15-19-4-1-2-7-23(19)28(34)35/h1-13,30,34-35H,14-16,29H2. The van der Waals surface area contributed by atoms with Gasteiger partial charge in [-0.1, -0.05) is 60.7 Å². The second-order valence-corrected chi connectivity index (χ2v) is 8.53. The summed E-state index contributed by atoms with van der Waals surface area (Å²) < 4.78 is 0. The Morgan fingerprint density at radius 2 is 1.49 bits per heavy atom. The molecule has 4 aromatic carbocycles. The molecule has 0 aliphatic carbocycles. The molecule has 0 aromatic heterocycles. The van der Waals surface area contributed by atoms with Gasteiger partial charge in [-0.15, -0.1) is 0 Å². The third-order valence-corrected chi connectivity index (χ3v) is 6.39. The SMILES string of the molecule is NCc1ccc(CN2C(=O)c3cccc4c(NCc5ccccc5B(O)O)ccc(c34)C2=O)cc1. The first kappa shape index (κ1) is 22.8. The molecule has 0 saturated heterocycles. The van der Waals surface area contributed by atoms with Gasteiger partial charge in [0.1, 0.15) is 0 Å². The van der Waals surface area contributed by atoms with E-state index in [-0.39, 0.29) is 18.4 Å². The van der Waals surface area contributed by atoms with Crippen LogP contribution in [0, 0.1) is 0 Å². The van der Waals surface area contributed by atoms with E-state index in [2.05, 4.69) is 5.32 Å². The zero-order chi connectivity index (χ0) is 24.5. The third-order valence-electron chi connectivity index (χ3n) is 6.39. The Morgan fingerprint density at radius 1 is 0.800 bits per heavy atom. The number of benzene rings is 4. The maximum absolute atomic E-state index is 13.4. The van der Waals surface area contributed by atoms with E-state index in [1.807, 2.05) is 48.5 Å². The number of carbonyl (C=O) groups is 2. The average Bonchev–Trinajstić information content (AvgIpc) is 2.89. The zero-order valence-electron chi connectivity index (χ0n) is 18.9. The molecule has 174 valence electrons. The highest BCUT2D eigenvalue weighted by Gasteiger charge is 2.33. The summed E-state index contributed by atoms with van der Waals surface area (Å²) in [5.74, 6) is -0.663. The zero-order valence-corrected chi connectivity index (χ0v) is 18.9. The molecule has 2 amide bonds. The van der Waals surface area contributed by atoms with Crippen LogP contribution in [-0.4, -0.2) is 33.9 Å². The number of anilines is 1. The summed E-state index contributed by atoms with van der Waals surface area (Å²) >= 11 is 0. The number of rotatable bonds is 7. The number of hydrogen-bond donors (Lipinski definition) is 4. The summed E-state index contributed by atoms with van der Waals surface area (Å²) in [6.07, 6.45) is 0. The molecule has 1 aliphatic heterocycles. The molecule has 0 saturated carbocycles. The molecule has 7 nitrogen and oxygen atoms in total. The van der Waals surface area contributed by atoms with Crippen LogP contribution in [0.25, 0.3) is 10.8 Å². The predicted octanol–water partition coefficient (Wildman–Crippen LogP) is 2.39. The Morgan fingerprint density at radius 3 is 2.20 bits per heavy atom. The van der Waals surface area contributed by atoms with E-state index in [0.717, 1.165) is 27.8 Å². The minimum absolute atomic E-state index is 0.179. The molecular weight excluding hydrogens is 441 g/mol. The predicted molar refractivity (Wildman–Crippen MR) is 136 cm³/mol. The van der Waals surface area contributed by atoms with Crippen molar-refractivity contribution < 1.29 is 19.6 Å². The lowest BCUT2D eigenvalue weighted by Gasteiger charge is -2.28. The van der Waals surface area contributed by atoms with Crippen molar-refractivity contribution in [1.82, 2.24) is 4.90 Å². The van der Waals surface area contributed by atoms with E-state index < -0.39 is 7.12 Å². The first-order valence-corrected chi connectivity index (χ1v) is 11.4. The van der Waals surface area contributed by atoms with Crippen LogP contribution < -0.4 is 16.5 Å². The maximum Gasteiger partial charge on any atom is 0.488 e. The fourth-order valence-electron chi connectivity index (χ4n) is 4.54. The second kappa shape index (κ2) is 9.35. The maximum atomic E-state index is 13.4. The summed E-state index contributed by atoms with van der Waals surface area (Å²) in [7, 11) is -1.57. The van der Waals surface area contributed by atoms with Crippen molar-refractivity contribution in [3.63, 3.8) is 0 Å². The molecule has 0 bridgehead atoms. The van der Waals surface area contributed by atoms with Crippen LogP contribution in [0.1, 0.15) is 37.4 Å². The Labute approximate surface area is 202 Å². The van der Waals surface area contributed by atoms with E-state index in [1.165, 1.54) is 4.90 Å². The van der Waals surface area contributed by atoms with Crippen LogP contribution in [-0.2, 0) is 19.6 Å². The van der Waals surface area contributed by atoms with Gasteiger partial charge in [-0.3, -0.25) is 14.5 Å². The number of nitrogens with one attached hydrogen (secondary N) is 1. The van der Waals surface area contributed by atoms with Crippen molar-refractivity contribution in [3.8, 4) is 0 Å². The molecule has 0 fully saturated rings. The van der Waals surface area contributed by atoms with Crippen LogP contribution in [0.3, 0.4) is 0 Å². The minimum Gasteiger partial charge on any atom is -0.423 e. The van der Waals surface area contributed by atoms with Crippen molar-refractivity contribution in [2.24, 2.45) is 5.73 Å². The van der Waals surface area contributed by atoms with E-state index in [0.29, 0.717) is 35.1 Å². The van der Waals surface area contributed by atoms with Gasteiger partial charge in [0.25, 0.3) is 11.8 Å². The molecule has 1 heterocycles. The fraction of sp³-hybridized carbons (Fsp3) is 0.111. The van der Waals surface area contributed by atoms with Crippen molar-refractivity contribution in [3.05, 3.63) is 107 Å². The van der Waals surface area contributed by atoms with Gasteiger partial charge in [-0.2, -0.15) is 0 Å². The summed E-state index contributed by atoms with van der Waals surface area (Å²) in [6.45, 7) is 0.956. The quantitative estimate of drug-likeness (QED) is 0.246. The number of nitrogens with two attached hydrogens (primary N) is 1. The van der Waals surface area contributed by atoms with Gasteiger partial charge in [0.15, 0.2) is 0 Å². The Hall–Kier alpha value is -3.98. The van der Waals surface area contributed by atoms with Crippen LogP contribution >= 0.6 is 0 Å². The van der Waals surface area contributed by atoms with Crippen molar-refractivity contribution >= 4 is 40.9 Å². The monoisotopic (exact) mass is 465 g/mol. The van der Waals surface area contributed by atoms with E-state index in [4.69, 9.17) is 5.73 Å². The number of amides is 2. The molecule has 5 rings (SSSR count). The van der Waals surface area contributed by atoms with Gasteiger partial charge >= 0.3 is 7.12 Å². The molecule has 35 heavy (non-hydrogen) atoms. The fourth-order valence-corrected chi connectivity index (χ4v) is 4.54. The minimum atomic E-state index is -1.57. The molecule has 5 N–H and O–H groups in total. The van der Waals surface area contributed by atoms with Crippen LogP contribution in [0.4, 0.5) is 5.69 Å². The summed E-state index contributed by atoms with van der Waals surface area (Å²) in [5, 5.41) is 24.0. The van der Waals surface area contributed by atoms with Gasteiger partial charge in [-0.05, 0) is 40.4 Å². The largest absolute Gasteiger partial charge is 0.488 e.